The number of ether oxygens (including phenoxy) is 2. The summed E-state index contributed by atoms with van der Waals surface area (Å²) >= 11 is 11.5. The van der Waals surface area contributed by atoms with Gasteiger partial charge in [-0.15, -0.1) is 23.2 Å². The highest BCUT2D eigenvalue weighted by Crippen LogP contribution is 2.41. The van der Waals surface area contributed by atoms with Gasteiger partial charge in [0.25, 0.3) is 5.56 Å². The average molecular weight is 891 g/mol. The summed E-state index contributed by atoms with van der Waals surface area (Å²) in [5, 5.41) is 20.6. The number of alkyl halides is 2. The van der Waals surface area contributed by atoms with E-state index in [1.165, 1.54) is 32.4 Å². The number of benzene rings is 2. The van der Waals surface area contributed by atoms with E-state index >= 15 is 0 Å². The fourth-order valence-corrected chi connectivity index (χ4v) is 9.77. The van der Waals surface area contributed by atoms with Crippen LogP contribution in [0.5, 0.6) is 5.75 Å². The number of carboxylic acids is 1. The van der Waals surface area contributed by atoms with E-state index in [0.717, 1.165) is 65.6 Å². The number of esters is 1. The zero-order valence-corrected chi connectivity index (χ0v) is 37.2. The van der Waals surface area contributed by atoms with Gasteiger partial charge in [0, 0.05) is 72.6 Å². The lowest BCUT2D eigenvalue weighted by Gasteiger charge is -2.39. The molecule has 0 aliphatic carbocycles. The summed E-state index contributed by atoms with van der Waals surface area (Å²) in [4.78, 5) is 61.1. The number of carbonyl (C=O) groups excluding carboxylic acids is 2. The van der Waals surface area contributed by atoms with Crippen molar-refractivity contribution in [3.05, 3.63) is 86.7 Å². The van der Waals surface area contributed by atoms with E-state index in [0.29, 0.717) is 78.5 Å². The van der Waals surface area contributed by atoms with Crippen molar-refractivity contribution in [2.24, 2.45) is 0 Å². The number of aliphatic hydroxyl groups is 1. The van der Waals surface area contributed by atoms with Crippen LogP contribution in [0.15, 0.2) is 53.3 Å². The number of hydrogen-bond acceptors (Lipinski definition) is 10. The van der Waals surface area contributed by atoms with Gasteiger partial charge in [-0.3, -0.25) is 9.59 Å². The van der Waals surface area contributed by atoms with Crippen molar-refractivity contribution in [1.82, 2.24) is 19.4 Å². The molecule has 0 unspecified atom stereocenters. The maximum atomic E-state index is 13.6. The Labute approximate surface area is 372 Å². The van der Waals surface area contributed by atoms with Crippen LogP contribution in [0, 0.1) is 0 Å². The number of aryl methyl sites for hydroxylation is 2. The highest BCUT2D eigenvalue weighted by Gasteiger charge is 2.45. The molecule has 2 aromatic heterocycles. The van der Waals surface area contributed by atoms with Crippen LogP contribution in [0.4, 0.5) is 10.5 Å². The van der Waals surface area contributed by atoms with Gasteiger partial charge in [0.2, 0.25) is 0 Å². The molecule has 0 saturated carbocycles. The Morgan fingerprint density at radius 2 is 1.66 bits per heavy atom. The van der Waals surface area contributed by atoms with Gasteiger partial charge in [0.05, 0.1) is 29.0 Å². The number of aliphatic carboxylic acids is 1. The quantitative estimate of drug-likeness (QED) is 0.0894. The summed E-state index contributed by atoms with van der Waals surface area (Å²) in [5.41, 5.74) is 4.64. The third-order valence-corrected chi connectivity index (χ3v) is 13.2. The van der Waals surface area contributed by atoms with Crippen molar-refractivity contribution in [2.45, 2.75) is 103 Å². The van der Waals surface area contributed by atoms with Gasteiger partial charge in [0.15, 0.2) is 5.60 Å². The zero-order valence-electron chi connectivity index (χ0n) is 35.7. The minimum Gasteiger partial charge on any atom is -0.481 e. The third kappa shape index (κ3) is 9.61. The lowest BCUT2D eigenvalue weighted by molar-refractivity contribution is -0.172. The Bertz CT molecular complexity index is 2320. The predicted molar refractivity (Wildman–Crippen MR) is 241 cm³/mol. The molecule has 15 heteroatoms. The van der Waals surface area contributed by atoms with Crippen LogP contribution < -0.4 is 15.2 Å². The number of piperidine rings is 2. The monoisotopic (exact) mass is 889 g/mol. The molecular weight excluding hydrogens is 833 g/mol. The molecular formula is C47H57Cl2N5O8. The molecule has 8 rings (SSSR count). The van der Waals surface area contributed by atoms with Crippen LogP contribution in [-0.4, -0.2) is 105 Å². The number of nitrogens with zero attached hydrogens (tertiary/aromatic N) is 5. The van der Waals surface area contributed by atoms with E-state index in [1.807, 2.05) is 41.3 Å². The molecule has 0 spiro atoms. The standard InChI is InChI=1S/C33H38N4O6.C14H19Cl2NO2/c1-3-22-23-16-21(43-32(40)36-14-10-20(11-15-36)35-12-6-5-7-13-35)8-9-27(23)34-29-24(22)18-37-28(29)17-26-25(30(37)38)19-42-31(39)33(26,41)4-2;15-8-10-17(11-9-16)13-6-4-12(5-7-13)2-1-3-14(18)19/h8-9,16-17,20,41H,3-7,10-15,18-19H2,1-2H3;4-7H,1-3,8-11H2,(H,18,19)/t33-;/m0./s1. The summed E-state index contributed by atoms with van der Waals surface area (Å²) < 4.78 is 12.7. The molecule has 2 saturated heterocycles. The number of hydrogen-bond donors (Lipinski definition) is 2. The maximum absolute atomic E-state index is 13.6. The number of amides is 1. The van der Waals surface area contributed by atoms with Crippen LogP contribution in [0.2, 0.25) is 0 Å². The Kier molecular flexibility index (Phi) is 14.8. The largest absolute Gasteiger partial charge is 0.481 e. The third-order valence-electron chi connectivity index (χ3n) is 12.8. The van der Waals surface area contributed by atoms with E-state index in [1.54, 1.807) is 23.6 Å². The molecule has 0 radical (unpaired) electrons. The minimum atomic E-state index is -1.86. The second-order valence-corrected chi connectivity index (χ2v) is 17.3. The highest BCUT2D eigenvalue weighted by atomic mass is 35.5. The number of halogens is 2. The summed E-state index contributed by atoms with van der Waals surface area (Å²) in [5.74, 6) is 0.124. The Balaban J connectivity index is 0.000000257. The van der Waals surface area contributed by atoms with Crippen LogP contribution in [-0.2, 0) is 45.9 Å². The van der Waals surface area contributed by atoms with Gasteiger partial charge >= 0.3 is 18.0 Å². The van der Waals surface area contributed by atoms with Crippen molar-refractivity contribution in [2.75, 3.05) is 55.9 Å². The normalized spacial score (nSPS) is 18.6. The van der Waals surface area contributed by atoms with Crippen molar-refractivity contribution >= 4 is 57.8 Å². The van der Waals surface area contributed by atoms with Gasteiger partial charge in [-0.2, -0.15) is 0 Å². The molecule has 6 heterocycles. The lowest BCUT2D eigenvalue weighted by atomic mass is 9.86. The van der Waals surface area contributed by atoms with Crippen molar-refractivity contribution in [3.63, 3.8) is 0 Å². The number of fused-ring (bicyclic) bond motifs is 5. The summed E-state index contributed by atoms with van der Waals surface area (Å²) in [6.07, 6.45) is 7.93. The predicted octanol–water partition coefficient (Wildman–Crippen LogP) is 7.47. The van der Waals surface area contributed by atoms with E-state index in [-0.39, 0.29) is 31.1 Å². The Morgan fingerprint density at radius 1 is 0.952 bits per heavy atom. The molecule has 2 N–H and O–H groups in total. The minimum absolute atomic E-state index is 0.0951. The number of carbonyl (C=O) groups is 3. The summed E-state index contributed by atoms with van der Waals surface area (Å²) in [6, 6.07) is 15.9. The summed E-state index contributed by atoms with van der Waals surface area (Å²) in [6.45, 7) is 9.19. The molecule has 4 aliphatic rings. The number of pyridine rings is 2. The van der Waals surface area contributed by atoms with Crippen LogP contribution in [0.3, 0.4) is 0 Å². The molecule has 2 fully saturated rings. The molecule has 2 aromatic carbocycles. The van der Waals surface area contributed by atoms with Gasteiger partial charge < -0.3 is 39.0 Å². The smallest absolute Gasteiger partial charge is 0.415 e. The number of cyclic esters (lactones) is 1. The van der Waals surface area contributed by atoms with Crippen LogP contribution in [0.1, 0.15) is 93.0 Å². The van der Waals surface area contributed by atoms with Gasteiger partial charge in [-0.05, 0) is 112 Å². The fraction of sp³-hybridized carbons (Fsp3) is 0.511. The number of aromatic nitrogens is 2. The Morgan fingerprint density at radius 3 is 2.31 bits per heavy atom. The molecule has 4 aromatic rings. The van der Waals surface area contributed by atoms with E-state index < -0.39 is 17.5 Å². The molecule has 0 bridgehead atoms. The van der Waals surface area contributed by atoms with Crippen LogP contribution in [0.25, 0.3) is 22.3 Å². The molecule has 13 nitrogen and oxygen atoms in total. The second kappa shape index (κ2) is 20.2. The first-order valence-corrected chi connectivity index (χ1v) is 23.1. The molecule has 1 atom stereocenters. The maximum Gasteiger partial charge on any atom is 0.415 e. The zero-order chi connectivity index (χ0) is 44.0. The molecule has 332 valence electrons. The fourth-order valence-electron chi connectivity index (χ4n) is 9.36. The number of likely N-dealkylation sites (tertiary alicyclic amines) is 2. The highest BCUT2D eigenvalue weighted by molar-refractivity contribution is 6.18. The summed E-state index contributed by atoms with van der Waals surface area (Å²) in [7, 11) is 0. The van der Waals surface area contributed by atoms with E-state index in [9.17, 15) is 24.3 Å². The molecule has 1 amide bonds. The van der Waals surface area contributed by atoms with E-state index in [2.05, 4.69) is 16.7 Å². The first kappa shape index (κ1) is 45.3. The van der Waals surface area contributed by atoms with Crippen molar-refractivity contribution in [3.8, 4) is 17.1 Å². The van der Waals surface area contributed by atoms with Crippen LogP contribution >= 0.6 is 23.2 Å². The Hall–Kier alpha value is -4.69. The number of anilines is 1. The van der Waals surface area contributed by atoms with Gasteiger partial charge in [0.1, 0.15) is 12.4 Å². The second-order valence-electron chi connectivity index (χ2n) is 16.5. The number of rotatable bonds is 13. The van der Waals surface area contributed by atoms with Crippen molar-refractivity contribution in [1.29, 1.82) is 0 Å². The van der Waals surface area contributed by atoms with Gasteiger partial charge in [-0.1, -0.05) is 32.4 Å². The van der Waals surface area contributed by atoms with E-state index in [4.69, 9.17) is 42.8 Å². The molecule has 62 heavy (non-hydrogen) atoms. The SMILES string of the molecule is CCc1c2c(nc3ccc(OC(=O)N4CCC(N5CCCCC5)CC4)cc13)-c1cc3c(c(=O)n1C2)COC(=O)[C@]3(O)CC.O=C(O)CCCc1ccc(N(CCCl)CCCl)cc1. The lowest BCUT2D eigenvalue weighted by Crippen LogP contribution is -2.48. The topological polar surface area (TPSA) is 155 Å². The first-order chi connectivity index (χ1) is 30.0. The first-order valence-electron chi connectivity index (χ1n) is 22.0. The van der Waals surface area contributed by atoms with Gasteiger partial charge in [-0.25, -0.2) is 14.6 Å². The number of carboxylic acid groups (broad SMARTS) is 1. The molecule has 4 aliphatic heterocycles. The van der Waals surface area contributed by atoms with Crippen molar-refractivity contribution < 1.29 is 34.1 Å². The average Bonchev–Trinajstić information content (AvgIpc) is 3.66.